The quantitative estimate of drug-likeness (QED) is 0.119. The van der Waals surface area contributed by atoms with Crippen molar-refractivity contribution in [3.8, 4) is 16.9 Å². The van der Waals surface area contributed by atoms with Crippen LogP contribution in [0.3, 0.4) is 0 Å². The summed E-state index contributed by atoms with van der Waals surface area (Å²) in [5.74, 6) is -2.40. The number of carbonyl (C=O) groups excluding carboxylic acids is 3. The number of carboxylic acids is 1. The van der Waals surface area contributed by atoms with E-state index in [2.05, 4.69) is 18.2 Å². The molecular weight excluding hydrogens is 664 g/mol. The van der Waals surface area contributed by atoms with Crippen LogP contribution in [-0.2, 0) is 30.3 Å². The predicted molar refractivity (Wildman–Crippen MR) is 190 cm³/mol. The molecule has 0 aromatic heterocycles. The molecule has 2 bridgehead atoms. The van der Waals surface area contributed by atoms with E-state index < -0.39 is 30.1 Å². The van der Waals surface area contributed by atoms with Gasteiger partial charge in [0, 0.05) is 29.6 Å². The number of nitrogens with two attached hydrogens (primary N) is 1. The summed E-state index contributed by atoms with van der Waals surface area (Å²) >= 11 is 0. The van der Waals surface area contributed by atoms with Crippen molar-refractivity contribution in [2.75, 3.05) is 59.5 Å². The topological polar surface area (TPSA) is 156 Å². The lowest BCUT2D eigenvalue weighted by Crippen LogP contribution is -2.76. The van der Waals surface area contributed by atoms with Crippen LogP contribution < -0.4 is 10.5 Å². The molecule has 2 amide bonds. The fourth-order valence-corrected chi connectivity index (χ4v) is 10.4. The summed E-state index contributed by atoms with van der Waals surface area (Å²) in [5.41, 5.74) is 11.7. The number of quaternary nitrogens is 2. The zero-order valence-electron chi connectivity index (χ0n) is 29.9. The summed E-state index contributed by atoms with van der Waals surface area (Å²) in [7, 11) is 1.36. The Bertz CT molecular complexity index is 1910. The molecular formula is C40H48N4O8+2. The van der Waals surface area contributed by atoms with Crippen LogP contribution in [0.25, 0.3) is 16.7 Å². The van der Waals surface area contributed by atoms with Crippen LogP contribution in [0.15, 0.2) is 53.7 Å². The Labute approximate surface area is 303 Å². The van der Waals surface area contributed by atoms with E-state index in [0.29, 0.717) is 24.3 Å². The number of benzene rings is 2. The van der Waals surface area contributed by atoms with Crippen LogP contribution in [0.2, 0.25) is 0 Å². The average Bonchev–Trinajstić information content (AvgIpc) is 3.59. The number of primary amides is 1. The van der Waals surface area contributed by atoms with Crippen LogP contribution in [-0.4, -0.2) is 126 Å². The van der Waals surface area contributed by atoms with Crippen molar-refractivity contribution in [2.24, 2.45) is 17.6 Å². The molecule has 12 heteroatoms. The van der Waals surface area contributed by atoms with E-state index in [1.807, 2.05) is 18.2 Å². The molecule has 4 unspecified atom stereocenters. The van der Waals surface area contributed by atoms with Crippen molar-refractivity contribution < 1.29 is 47.8 Å². The minimum absolute atomic E-state index is 0.00541. The minimum atomic E-state index is -1.16. The number of rotatable bonds is 11. The molecule has 5 atom stereocenters. The van der Waals surface area contributed by atoms with Crippen LogP contribution in [0.5, 0.6) is 5.75 Å². The number of amides is 2. The molecule has 2 aliphatic carbocycles. The van der Waals surface area contributed by atoms with Gasteiger partial charge in [-0.2, -0.15) is 0 Å². The van der Waals surface area contributed by atoms with Crippen LogP contribution in [0, 0.1) is 11.8 Å². The molecule has 12 nitrogen and oxygen atoms in total. The molecule has 274 valence electrons. The lowest BCUT2D eigenvalue weighted by atomic mass is 9.71. The molecule has 5 fully saturated rings. The van der Waals surface area contributed by atoms with Gasteiger partial charge >= 0.3 is 11.9 Å². The summed E-state index contributed by atoms with van der Waals surface area (Å²) < 4.78 is 13.8. The minimum Gasteiger partial charge on any atom is -0.485 e. The third-order valence-corrected chi connectivity index (χ3v) is 13.0. The molecule has 5 aliphatic heterocycles. The van der Waals surface area contributed by atoms with E-state index in [1.54, 1.807) is 6.92 Å². The first-order chi connectivity index (χ1) is 24.9. The number of hydrogen-bond donors (Lipinski definition) is 3. The van der Waals surface area contributed by atoms with Crippen molar-refractivity contribution in [3.63, 3.8) is 0 Å². The van der Waals surface area contributed by atoms with Crippen molar-refractivity contribution in [1.29, 1.82) is 0 Å². The fourth-order valence-electron chi connectivity index (χ4n) is 10.4. The lowest BCUT2D eigenvalue weighted by molar-refractivity contribution is -1.08. The lowest BCUT2D eigenvalue weighted by Gasteiger charge is -2.55. The molecule has 4 N–H and O–H groups in total. The zero-order valence-corrected chi connectivity index (χ0v) is 29.9. The number of β-lactam (4-membered cyclic amide) rings is 1. The Morgan fingerprint density at radius 3 is 2.42 bits per heavy atom. The maximum atomic E-state index is 13.1. The molecule has 2 aromatic rings. The van der Waals surface area contributed by atoms with E-state index in [-0.39, 0.29) is 29.5 Å². The molecule has 7 aliphatic rings. The fraction of sp³-hybridized carbons (Fsp3) is 0.500. The zero-order chi connectivity index (χ0) is 36.5. The molecule has 52 heavy (non-hydrogen) atoms. The highest BCUT2D eigenvalue weighted by molar-refractivity contribution is 6.08. The van der Waals surface area contributed by atoms with Crippen molar-refractivity contribution in [1.82, 2.24) is 4.90 Å². The average molecular weight is 713 g/mol. The Morgan fingerprint density at radius 1 is 1.02 bits per heavy atom. The number of esters is 1. The Morgan fingerprint density at radius 2 is 1.75 bits per heavy atom. The van der Waals surface area contributed by atoms with Gasteiger partial charge in [-0.1, -0.05) is 30.3 Å². The van der Waals surface area contributed by atoms with E-state index in [4.69, 9.17) is 15.2 Å². The highest BCUT2D eigenvalue weighted by atomic mass is 16.5. The number of aryl methyl sites for hydroxylation is 1. The molecule has 5 heterocycles. The van der Waals surface area contributed by atoms with E-state index >= 15 is 0 Å². The van der Waals surface area contributed by atoms with E-state index in [1.165, 1.54) is 23.6 Å². The maximum absolute atomic E-state index is 13.1. The highest BCUT2D eigenvalue weighted by Gasteiger charge is 2.62. The van der Waals surface area contributed by atoms with Gasteiger partial charge in [0.15, 0.2) is 6.54 Å². The summed E-state index contributed by atoms with van der Waals surface area (Å²) in [6.45, 7) is 9.34. The smallest absolute Gasteiger partial charge is 0.352 e. The van der Waals surface area contributed by atoms with Crippen molar-refractivity contribution in [2.45, 2.75) is 57.3 Å². The van der Waals surface area contributed by atoms with E-state index in [0.717, 1.165) is 108 Å². The maximum Gasteiger partial charge on any atom is 0.352 e. The van der Waals surface area contributed by atoms with E-state index in [9.17, 15) is 29.4 Å². The second-order valence-electron chi connectivity index (χ2n) is 15.8. The van der Waals surface area contributed by atoms with Crippen molar-refractivity contribution >= 4 is 29.3 Å². The number of fused-ring (bicyclic) bond motifs is 9. The molecule has 1 saturated carbocycles. The number of ether oxygens (including phenoxy) is 2. The molecule has 2 aromatic carbocycles. The van der Waals surface area contributed by atoms with Gasteiger partial charge in [0.1, 0.15) is 56.8 Å². The van der Waals surface area contributed by atoms with Crippen molar-refractivity contribution in [3.05, 3.63) is 70.4 Å². The van der Waals surface area contributed by atoms with Crippen LogP contribution in [0.1, 0.15) is 49.3 Å². The molecule has 9 rings (SSSR count). The van der Waals surface area contributed by atoms with Gasteiger partial charge in [-0.05, 0) is 66.5 Å². The molecule has 4 saturated heterocycles. The third kappa shape index (κ3) is 5.54. The van der Waals surface area contributed by atoms with Crippen LogP contribution in [0.4, 0.5) is 0 Å². The first kappa shape index (κ1) is 34.6. The number of aliphatic hydroxyl groups is 1. The van der Waals surface area contributed by atoms with Gasteiger partial charge in [0.05, 0.1) is 31.7 Å². The van der Waals surface area contributed by atoms with Gasteiger partial charge < -0.3 is 39.3 Å². The predicted octanol–water partition coefficient (Wildman–Crippen LogP) is 2.46. The molecule has 0 radical (unpaired) electrons. The summed E-state index contributed by atoms with van der Waals surface area (Å²) in [6.07, 6.45) is 4.13. The number of hydrogen-bond acceptors (Lipinski definition) is 7. The van der Waals surface area contributed by atoms with Gasteiger partial charge in [0.25, 0.3) is 5.91 Å². The summed E-state index contributed by atoms with van der Waals surface area (Å²) in [4.78, 5) is 51.5. The standard InChI is InChI=1S/C40H46N4O8/c1-23(45)34-37-27-8-4-10-31(36(27)38(40(49)50)42(37)39(34)48)52-30-9-3-7-25-29(21-33(47)51-2)28-20-24(11-12-26(28)35(25)30)6-5-13-43-14-17-44(18-15-43,19-16-43)22-32(41)46/h3,7,9,11-12,20-21,23,27,31,34,37,45H,4-6,8,10,13-19,22H2,1-2H3,(H-2,41,46,49,50)/p+2/t23?,27-,31?,34?,37?,43?,44?/m0/s1. The SMILES string of the molecule is COC(=O)C=C1c2cc(CCC[N+]34CC[N+](CC(N)=O)(CC3)CC4)ccc2-c2c(OC3CCC[C@H]4C3=C(C(=O)O)N3C(=O)C(C(C)O)C43)cccc21. The second-order valence-corrected chi connectivity index (χ2v) is 15.8. The number of carboxylic acid groups (broad SMARTS) is 1. The molecule has 0 spiro atoms. The number of aliphatic hydroxyl groups excluding tert-OH is 1. The highest BCUT2D eigenvalue weighted by Crippen LogP contribution is 2.54. The third-order valence-electron chi connectivity index (χ3n) is 13.0. The number of aliphatic carboxylic acids is 1. The number of carbonyl (C=O) groups is 4. The normalized spacial score (nSPS) is 31.0. The van der Waals surface area contributed by atoms with Gasteiger partial charge in [-0.15, -0.1) is 0 Å². The first-order valence-corrected chi connectivity index (χ1v) is 18.7. The monoisotopic (exact) mass is 712 g/mol. The van der Waals surface area contributed by atoms with Gasteiger partial charge in [-0.3, -0.25) is 9.59 Å². The largest absolute Gasteiger partial charge is 0.485 e. The van der Waals surface area contributed by atoms with Gasteiger partial charge in [0.2, 0.25) is 5.91 Å². The summed E-state index contributed by atoms with van der Waals surface area (Å²) in [6, 6.07) is 11.8. The van der Waals surface area contributed by atoms with Crippen LogP contribution >= 0.6 is 0 Å². The number of piperazine rings is 3. The second kappa shape index (κ2) is 12.9. The summed E-state index contributed by atoms with van der Waals surface area (Å²) in [5, 5.41) is 20.7. The van der Waals surface area contributed by atoms with Gasteiger partial charge in [-0.25, -0.2) is 9.59 Å². The number of methoxy groups -OCH3 is 1. The Hall–Kier alpha value is -4.52. The first-order valence-electron chi connectivity index (χ1n) is 18.7. The Balaban J connectivity index is 1.06. The number of nitrogens with zero attached hydrogens (tertiary/aromatic N) is 3. The Kier molecular flexibility index (Phi) is 8.54.